The molecule has 0 aliphatic carbocycles. The van der Waals surface area contributed by atoms with E-state index >= 15 is 0 Å². The van der Waals surface area contributed by atoms with Gasteiger partial charge in [-0.1, -0.05) is 47.6 Å². The summed E-state index contributed by atoms with van der Waals surface area (Å²) in [6, 6.07) is 13.9. The monoisotopic (exact) mass is 470 g/mol. The van der Waals surface area contributed by atoms with Crippen molar-refractivity contribution >= 4 is 43.3 Å². The van der Waals surface area contributed by atoms with Gasteiger partial charge in [-0.25, -0.2) is 13.2 Å². The molecule has 0 saturated heterocycles. The highest BCUT2D eigenvalue weighted by Crippen LogP contribution is 2.20. The number of esters is 1. The molecule has 1 aromatic heterocycles. The van der Waals surface area contributed by atoms with Crippen molar-refractivity contribution in [1.29, 1.82) is 0 Å². The number of fused-ring (bicyclic) bond motifs is 1. The number of hydrogen-bond donors (Lipinski definition) is 0. The highest BCUT2D eigenvalue weighted by molar-refractivity contribution is 7.90. The first-order chi connectivity index (χ1) is 15.3. The molecule has 0 fully saturated rings. The number of hydrogen-bond acceptors (Lipinski definition) is 6. The average molecular weight is 471 g/mol. The van der Waals surface area contributed by atoms with Crippen LogP contribution in [-0.2, 0) is 31.7 Å². The van der Waals surface area contributed by atoms with Gasteiger partial charge in [0.15, 0.2) is 14.6 Å². The summed E-state index contributed by atoms with van der Waals surface area (Å²) in [5.41, 5.74) is 1.85. The number of aromatic nitrogens is 1. The summed E-state index contributed by atoms with van der Waals surface area (Å²) in [5.74, 6) is 1.50. The minimum absolute atomic E-state index is 0.00568. The van der Waals surface area contributed by atoms with E-state index in [1.165, 1.54) is 18.4 Å². The Morgan fingerprint density at radius 2 is 1.94 bits per heavy atom. The van der Waals surface area contributed by atoms with E-state index in [1.54, 1.807) is 47.0 Å². The van der Waals surface area contributed by atoms with Crippen LogP contribution < -0.4 is 4.80 Å². The molecule has 0 radical (unpaired) electrons. The summed E-state index contributed by atoms with van der Waals surface area (Å²) in [6.45, 7) is 0.204. The first-order valence-corrected chi connectivity index (χ1v) is 12.4. The first kappa shape index (κ1) is 23.4. The van der Waals surface area contributed by atoms with E-state index in [1.807, 2.05) is 6.07 Å². The Labute approximate surface area is 190 Å². The van der Waals surface area contributed by atoms with Gasteiger partial charge >= 0.3 is 5.97 Å². The fourth-order valence-electron chi connectivity index (χ4n) is 3.15. The van der Waals surface area contributed by atoms with Crippen molar-refractivity contribution < 1.29 is 22.7 Å². The third-order valence-corrected chi connectivity index (χ3v) is 7.37. The number of benzene rings is 2. The van der Waals surface area contributed by atoms with E-state index in [9.17, 15) is 18.0 Å². The van der Waals surface area contributed by atoms with E-state index in [4.69, 9.17) is 11.2 Å². The van der Waals surface area contributed by atoms with Gasteiger partial charge in [0, 0.05) is 6.42 Å². The van der Waals surface area contributed by atoms with E-state index in [2.05, 4.69) is 10.9 Å². The average Bonchev–Trinajstić information content (AvgIpc) is 3.09. The molecule has 0 spiro atoms. The molecule has 166 valence electrons. The van der Waals surface area contributed by atoms with Gasteiger partial charge in [0.1, 0.15) is 0 Å². The maximum atomic E-state index is 12.4. The summed E-state index contributed by atoms with van der Waals surface area (Å²) in [6.07, 6.45) is 5.66. The second kappa shape index (κ2) is 10.4. The zero-order valence-corrected chi connectivity index (χ0v) is 19.1. The second-order valence-corrected chi connectivity index (χ2v) is 10.2. The van der Waals surface area contributed by atoms with Crippen molar-refractivity contribution in [1.82, 2.24) is 4.57 Å². The Bertz CT molecular complexity index is 1350. The molecule has 2 aromatic carbocycles. The quantitative estimate of drug-likeness (QED) is 0.373. The van der Waals surface area contributed by atoms with Crippen LogP contribution in [0.3, 0.4) is 0 Å². The SMILES string of the molecule is C#CCn1c(=NC(=O)CCCS(=O)(=O)Cc2ccccc2)sc2cc(C(=O)OC)ccc21. The fraction of sp³-hybridized carbons (Fsp3) is 0.261. The van der Waals surface area contributed by atoms with E-state index < -0.39 is 21.7 Å². The second-order valence-electron chi connectivity index (χ2n) is 7.04. The number of sulfone groups is 1. The molecule has 0 saturated carbocycles. The zero-order valence-electron chi connectivity index (χ0n) is 17.5. The topological polar surface area (TPSA) is 94.8 Å². The number of carbonyl (C=O) groups excluding carboxylic acids is 2. The summed E-state index contributed by atoms with van der Waals surface area (Å²) >= 11 is 1.23. The summed E-state index contributed by atoms with van der Waals surface area (Å²) < 4.78 is 31.8. The molecule has 3 rings (SSSR count). The number of amides is 1. The minimum atomic E-state index is -3.32. The Balaban J connectivity index is 1.74. The van der Waals surface area contributed by atoms with Gasteiger partial charge in [-0.05, 0) is 30.2 Å². The highest BCUT2D eigenvalue weighted by Gasteiger charge is 2.14. The molecule has 1 heterocycles. The number of methoxy groups -OCH3 is 1. The lowest BCUT2D eigenvalue weighted by Gasteiger charge is -2.03. The molecular weight excluding hydrogens is 448 g/mol. The van der Waals surface area contributed by atoms with Crippen molar-refractivity contribution in [3.05, 3.63) is 64.5 Å². The molecule has 0 atom stereocenters. The largest absolute Gasteiger partial charge is 0.465 e. The van der Waals surface area contributed by atoms with Crippen LogP contribution in [0.4, 0.5) is 0 Å². The maximum absolute atomic E-state index is 12.4. The molecule has 0 aliphatic rings. The number of thiazole rings is 1. The van der Waals surface area contributed by atoms with Gasteiger partial charge in [0.05, 0.1) is 40.9 Å². The highest BCUT2D eigenvalue weighted by atomic mass is 32.2. The number of terminal acetylenes is 1. The standard InChI is InChI=1S/C23H22N2O5S2/c1-3-13-25-19-12-11-18(22(27)30-2)15-20(19)31-23(25)24-21(26)10-7-14-32(28,29)16-17-8-5-4-6-9-17/h1,4-6,8-9,11-12,15H,7,10,13-14,16H2,2H3. The van der Waals surface area contributed by atoms with Gasteiger partial charge in [-0.15, -0.1) is 6.42 Å². The molecule has 7 nitrogen and oxygen atoms in total. The number of ether oxygens (including phenoxy) is 1. The zero-order chi connectivity index (χ0) is 23.1. The molecule has 0 aliphatic heterocycles. The normalized spacial score (nSPS) is 11.9. The van der Waals surface area contributed by atoms with Gasteiger partial charge in [-0.2, -0.15) is 4.99 Å². The van der Waals surface area contributed by atoms with Crippen molar-refractivity contribution in [3.63, 3.8) is 0 Å². The van der Waals surface area contributed by atoms with Gasteiger partial charge in [-0.3, -0.25) is 4.79 Å². The first-order valence-electron chi connectivity index (χ1n) is 9.80. The molecule has 0 unspecified atom stereocenters. The van der Waals surface area contributed by atoms with E-state index in [-0.39, 0.29) is 30.9 Å². The minimum Gasteiger partial charge on any atom is -0.465 e. The number of rotatable bonds is 8. The number of carbonyl (C=O) groups is 2. The molecule has 9 heteroatoms. The Hall–Kier alpha value is -3.22. The van der Waals surface area contributed by atoms with Crippen molar-refractivity contribution in [2.75, 3.05) is 12.9 Å². The fourth-order valence-corrected chi connectivity index (χ4v) is 5.67. The van der Waals surface area contributed by atoms with Crippen LogP contribution in [0.15, 0.2) is 53.5 Å². The van der Waals surface area contributed by atoms with Crippen LogP contribution in [0.25, 0.3) is 10.2 Å². The van der Waals surface area contributed by atoms with Crippen LogP contribution in [0.1, 0.15) is 28.8 Å². The van der Waals surface area contributed by atoms with E-state index in [0.717, 1.165) is 15.8 Å². The lowest BCUT2D eigenvalue weighted by atomic mass is 10.2. The van der Waals surface area contributed by atoms with Crippen LogP contribution in [0.2, 0.25) is 0 Å². The van der Waals surface area contributed by atoms with Gasteiger partial charge < -0.3 is 9.30 Å². The Kier molecular flexibility index (Phi) is 7.62. The lowest BCUT2D eigenvalue weighted by molar-refractivity contribution is -0.118. The van der Waals surface area contributed by atoms with Crippen LogP contribution in [0.5, 0.6) is 0 Å². The molecule has 3 aromatic rings. The summed E-state index contributed by atoms with van der Waals surface area (Å²) in [5, 5.41) is 0. The maximum Gasteiger partial charge on any atom is 0.337 e. The molecule has 0 N–H and O–H groups in total. The van der Waals surface area contributed by atoms with Crippen molar-refractivity contribution in [2.45, 2.75) is 25.1 Å². The smallest absolute Gasteiger partial charge is 0.337 e. The summed E-state index contributed by atoms with van der Waals surface area (Å²) in [7, 11) is -2.02. The third kappa shape index (κ3) is 5.93. The Morgan fingerprint density at radius 3 is 2.62 bits per heavy atom. The van der Waals surface area contributed by atoms with Crippen molar-refractivity contribution in [2.24, 2.45) is 4.99 Å². The predicted molar refractivity (Wildman–Crippen MR) is 124 cm³/mol. The molecule has 32 heavy (non-hydrogen) atoms. The van der Waals surface area contributed by atoms with E-state index in [0.29, 0.717) is 10.4 Å². The van der Waals surface area contributed by atoms with Crippen LogP contribution in [-0.4, -0.2) is 37.7 Å². The molecule has 1 amide bonds. The third-order valence-electron chi connectivity index (χ3n) is 4.65. The van der Waals surface area contributed by atoms with Crippen LogP contribution in [0, 0.1) is 12.3 Å². The lowest BCUT2D eigenvalue weighted by Crippen LogP contribution is -2.17. The summed E-state index contributed by atoms with van der Waals surface area (Å²) in [4.78, 5) is 28.8. The van der Waals surface area contributed by atoms with Crippen LogP contribution >= 0.6 is 11.3 Å². The Morgan fingerprint density at radius 1 is 1.19 bits per heavy atom. The molecular formula is C23H22N2O5S2. The predicted octanol–water partition coefficient (Wildman–Crippen LogP) is 2.95. The van der Waals surface area contributed by atoms with Gasteiger partial charge in [0.2, 0.25) is 5.91 Å². The molecule has 0 bridgehead atoms. The van der Waals surface area contributed by atoms with Gasteiger partial charge in [0.25, 0.3) is 0 Å². The number of nitrogens with zero attached hydrogens (tertiary/aromatic N) is 2. The van der Waals surface area contributed by atoms with Crippen molar-refractivity contribution in [3.8, 4) is 12.3 Å².